The number of aryl methyl sites for hydroxylation is 1. The van der Waals surface area contributed by atoms with Crippen LogP contribution in [-0.2, 0) is 13.0 Å². The molecule has 1 heterocycles. The fourth-order valence-electron chi connectivity index (χ4n) is 1.68. The highest BCUT2D eigenvalue weighted by molar-refractivity contribution is 7.11. The molecule has 0 fully saturated rings. The minimum atomic E-state index is 0.834. The zero-order valence-corrected chi connectivity index (χ0v) is 10.8. The van der Waals surface area contributed by atoms with Crippen molar-refractivity contribution in [3.8, 4) is 0 Å². The number of nitrogen functional groups attached to an aromatic ring is 1. The second-order valence-corrected chi connectivity index (χ2v) is 5.34. The van der Waals surface area contributed by atoms with E-state index in [1.807, 2.05) is 31.3 Å². The van der Waals surface area contributed by atoms with E-state index in [1.54, 1.807) is 11.3 Å². The van der Waals surface area contributed by atoms with Crippen LogP contribution in [0.4, 0.5) is 5.69 Å². The molecule has 4 heteroatoms. The van der Waals surface area contributed by atoms with E-state index in [4.69, 9.17) is 5.73 Å². The summed E-state index contributed by atoms with van der Waals surface area (Å²) in [6, 6.07) is 8.04. The molecule has 0 aliphatic carbocycles. The number of hydrogen-bond donors (Lipinski definition) is 2. The lowest BCUT2D eigenvalue weighted by atomic mass is 10.1. The van der Waals surface area contributed by atoms with Crippen LogP contribution in [0.3, 0.4) is 0 Å². The maximum Gasteiger partial charge on any atom is 0.0897 e. The summed E-state index contributed by atoms with van der Waals surface area (Å²) in [5, 5.41) is 4.54. The number of hydrogen-bond acceptors (Lipinski definition) is 4. The van der Waals surface area contributed by atoms with Crippen LogP contribution in [-0.4, -0.2) is 11.5 Å². The van der Waals surface area contributed by atoms with E-state index in [-0.39, 0.29) is 0 Å². The summed E-state index contributed by atoms with van der Waals surface area (Å²) in [6.45, 7) is 3.88. The molecule has 0 spiro atoms. The van der Waals surface area contributed by atoms with Gasteiger partial charge in [0, 0.05) is 23.3 Å². The molecule has 3 N–H and O–H groups in total. The van der Waals surface area contributed by atoms with Gasteiger partial charge in [-0.3, -0.25) is 0 Å². The van der Waals surface area contributed by atoms with Crippen LogP contribution in [0.25, 0.3) is 0 Å². The van der Waals surface area contributed by atoms with Crippen LogP contribution in [0.2, 0.25) is 0 Å². The normalized spacial score (nSPS) is 10.6. The van der Waals surface area contributed by atoms with Gasteiger partial charge in [-0.1, -0.05) is 12.1 Å². The number of thiazole rings is 1. The van der Waals surface area contributed by atoms with Crippen molar-refractivity contribution in [1.29, 1.82) is 0 Å². The Morgan fingerprint density at radius 1 is 1.41 bits per heavy atom. The lowest BCUT2D eigenvalue weighted by Crippen LogP contribution is -2.16. The van der Waals surface area contributed by atoms with Crippen LogP contribution in [0, 0.1) is 6.92 Å². The Bertz CT molecular complexity index is 479. The largest absolute Gasteiger partial charge is 0.399 e. The average molecular weight is 247 g/mol. The third-order valence-corrected chi connectivity index (χ3v) is 3.42. The molecular formula is C13H17N3S. The van der Waals surface area contributed by atoms with Crippen LogP contribution in [0.5, 0.6) is 0 Å². The summed E-state index contributed by atoms with van der Waals surface area (Å²) in [6.07, 6.45) is 2.94. The number of benzene rings is 1. The van der Waals surface area contributed by atoms with Crippen molar-refractivity contribution in [1.82, 2.24) is 10.3 Å². The Hall–Kier alpha value is -1.39. The molecule has 2 rings (SSSR count). The highest BCUT2D eigenvalue weighted by Crippen LogP contribution is 2.11. The van der Waals surface area contributed by atoms with E-state index < -0.39 is 0 Å². The monoisotopic (exact) mass is 247 g/mol. The van der Waals surface area contributed by atoms with Crippen LogP contribution in [0.1, 0.15) is 15.4 Å². The Balaban J connectivity index is 1.73. The number of anilines is 1. The molecule has 1 aromatic heterocycles. The minimum Gasteiger partial charge on any atom is -0.399 e. The summed E-state index contributed by atoms with van der Waals surface area (Å²) >= 11 is 1.74. The SMILES string of the molecule is Cc1ncc(CNCCc2cccc(N)c2)s1. The maximum atomic E-state index is 5.73. The molecule has 17 heavy (non-hydrogen) atoms. The molecule has 1 aromatic carbocycles. The van der Waals surface area contributed by atoms with E-state index in [9.17, 15) is 0 Å². The Kier molecular flexibility index (Phi) is 4.12. The molecule has 0 saturated heterocycles. The fraction of sp³-hybridized carbons (Fsp3) is 0.308. The molecule has 0 atom stereocenters. The van der Waals surface area contributed by atoms with Crippen molar-refractivity contribution in [3.05, 3.63) is 45.9 Å². The molecule has 0 amide bonds. The van der Waals surface area contributed by atoms with E-state index in [0.717, 1.165) is 30.2 Å². The maximum absolute atomic E-state index is 5.73. The first-order valence-electron chi connectivity index (χ1n) is 5.70. The number of nitrogens with zero attached hydrogens (tertiary/aromatic N) is 1. The van der Waals surface area contributed by atoms with Crippen LogP contribution < -0.4 is 11.1 Å². The Morgan fingerprint density at radius 2 is 2.29 bits per heavy atom. The molecule has 0 saturated carbocycles. The van der Waals surface area contributed by atoms with E-state index >= 15 is 0 Å². The van der Waals surface area contributed by atoms with Gasteiger partial charge in [-0.15, -0.1) is 11.3 Å². The molecule has 0 aliphatic rings. The van der Waals surface area contributed by atoms with Gasteiger partial charge < -0.3 is 11.1 Å². The van der Waals surface area contributed by atoms with Gasteiger partial charge in [0.25, 0.3) is 0 Å². The van der Waals surface area contributed by atoms with Crippen molar-refractivity contribution in [2.45, 2.75) is 19.9 Å². The number of aromatic nitrogens is 1. The molecule has 0 radical (unpaired) electrons. The third-order valence-electron chi connectivity index (χ3n) is 2.51. The second-order valence-electron chi connectivity index (χ2n) is 4.02. The molecule has 2 aromatic rings. The first kappa shape index (κ1) is 12.1. The Morgan fingerprint density at radius 3 is 3.00 bits per heavy atom. The van der Waals surface area contributed by atoms with E-state index in [0.29, 0.717) is 0 Å². The predicted molar refractivity (Wildman–Crippen MR) is 73.1 cm³/mol. The molecule has 0 bridgehead atoms. The number of nitrogens with one attached hydrogen (secondary N) is 1. The lowest BCUT2D eigenvalue weighted by molar-refractivity contribution is 0.693. The van der Waals surface area contributed by atoms with Crippen molar-refractivity contribution in [2.75, 3.05) is 12.3 Å². The second kappa shape index (κ2) is 5.80. The number of rotatable bonds is 5. The zero-order valence-electron chi connectivity index (χ0n) is 9.94. The minimum absolute atomic E-state index is 0.834. The van der Waals surface area contributed by atoms with E-state index in [1.165, 1.54) is 10.4 Å². The topological polar surface area (TPSA) is 50.9 Å². The molecule has 3 nitrogen and oxygen atoms in total. The van der Waals surface area contributed by atoms with Crippen LogP contribution >= 0.6 is 11.3 Å². The fourth-order valence-corrected chi connectivity index (χ4v) is 2.44. The third kappa shape index (κ3) is 3.84. The lowest BCUT2D eigenvalue weighted by Gasteiger charge is -2.04. The van der Waals surface area contributed by atoms with Gasteiger partial charge in [-0.2, -0.15) is 0 Å². The molecule has 90 valence electrons. The van der Waals surface area contributed by atoms with Crippen LogP contribution in [0.15, 0.2) is 30.5 Å². The Labute approximate surface area is 106 Å². The van der Waals surface area contributed by atoms with Gasteiger partial charge in [0.15, 0.2) is 0 Å². The van der Waals surface area contributed by atoms with Gasteiger partial charge in [-0.25, -0.2) is 4.98 Å². The summed E-state index contributed by atoms with van der Waals surface area (Å²) in [5.74, 6) is 0. The summed E-state index contributed by atoms with van der Waals surface area (Å²) < 4.78 is 0. The first-order chi connectivity index (χ1) is 8.24. The zero-order chi connectivity index (χ0) is 12.1. The summed E-state index contributed by atoms with van der Waals surface area (Å²) in [7, 11) is 0. The predicted octanol–water partition coefficient (Wildman–Crippen LogP) is 2.37. The van der Waals surface area contributed by atoms with Gasteiger partial charge in [0.1, 0.15) is 0 Å². The van der Waals surface area contributed by atoms with Crippen molar-refractivity contribution < 1.29 is 0 Å². The molecular weight excluding hydrogens is 230 g/mol. The number of nitrogens with two attached hydrogens (primary N) is 1. The van der Waals surface area contributed by atoms with Gasteiger partial charge in [-0.05, 0) is 37.6 Å². The highest BCUT2D eigenvalue weighted by Gasteiger charge is 1.98. The highest BCUT2D eigenvalue weighted by atomic mass is 32.1. The standard InChI is InChI=1S/C13H17N3S/c1-10-16-9-13(17-10)8-15-6-5-11-3-2-4-12(14)7-11/h2-4,7,9,15H,5-6,8,14H2,1H3. The van der Waals surface area contributed by atoms with Gasteiger partial charge >= 0.3 is 0 Å². The van der Waals surface area contributed by atoms with Crippen molar-refractivity contribution >= 4 is 17.0 Å². The van der Waals surface area contributed by atoms with Gasteiger partial charge in [0.05, 0.1) is 5.01 Å². The quantitative estimate of drug-likeness (QED) is 0.630. The summed E-state index contributed by atoms with van der Waals surface area (Å²) in [5.41, 5.74) is 7.84. The van der Waals surface area contributed by atoms with E-state index in [2.05, 4.69) is 16.4 Å². The summed E-state index contributed by atoms with van der Waals surface area (Å²) in [4.78, 5) is 5.51. The molecule has 0 aliphatic heterocycles. The first-order valence-corrected chi connectivity index (χ1v) is 6.52. The smallest absolute Gasteiger partial charge is 0.0897 e. The van der Waals surface area contributed by atoms with Crippen molar-refractivity contribution in [3.63, 3.8) is 0 Å². The molecule has 0 unspecified atom stereocenters. The van der Waals surface area contributed by atoms with Gasteiger partial charge in [0.2, 0.25) is 0 Å². The van der Waals surface area contributed by atoms with Crippen molar-refractivity contribution in [2.24, 2.45) is 0 Å². The average Bonchev–Trinajstić information content (AvgIpc) is 2.71.